The van der Waals surface area contributed by atoms with Crippen molar-refractivity contribution in [2.24, 2.45) is 5.92 Å². The zero-order valence-corrected chi connectivity index (χ0v) is 15.2. The van der Waals surface area contributed by atoms with Crippen molar-refractivity contribution in [3.8, 4) is 0 Å². The van der Waals surface area contributed by atoms with Gasteiger partial charge in [-0.25, -0.2) is 4.79 Å². The third kappa shape index (κ3) is 14.2. The van der Waals surface area contributed by atoms with E-state index in [-0.39, 0.29) is 0 Å². The Hall–Kier alpha value is -0.730. The number of rotatable bonds is 15. The van der Waals surface area contributed by atoms with E-state index < -0.39 is 6.16 Å². The molecule has 0 N–H and O–H groups in total. The Bertz CT molecular complexity index is 241. The molecular formula is C19H38O3. The second-order valence-electron chi connectivity index (χ2n) is 6.30. The van der Waals surface area contributed by atoms with Gasteiger partial charge in [0.15, 0.2) is 0 Å². The summed E-state index contributed by atoms with van der Waals surface area (Å²) in [6.45, 7) is 7.58. The summed E-state index contributed by atoms with van der Waals surface area (Å²) in [5.74, 6) is 0.482. The summed E-state index contributed by atoms with van der Waals surface area (Å²) >= 11 is 0. The summed E-state index contributed by atoms with van der Waals surface area (Å²) in [6.07, 6.45) is 14.1. The second-order valence-corrected chi connectivity index (χ2v) is 6.30. The van der Waals surface area contributed by atoms with E-state index in [9.17, 15) is 4.79 Å². The Morgan fingerprint density at radius 3 is 1.95 bits per heavy atom. The molecule has 0 bridgehead atoms. The maximum atomic E-state index is 11.5. The lowest BCUT2D eigenvalue weighted by atomic mass is 10.0. The van der Waals surface area contributed by atoms with Crippen LogP contribution in [-0.4, -0.2) is 19.4 Å². The largest absolute Gasteiger partial charge is 0.508 e. The molecule has 0 aliphatic rings. The first-order valence-electron chi connectivity index (χ1n) is 9.54. The molecule has 0 fully saturated rings. The van der Waals surface area contributed by atoms with Crippen LogP contribution >= 0.6 is 0 Å². The van der Waals surface area contributed by atoms with E-state index in [1.54, 1.807) is 0 Å². The van der Waals surface area contributed by atoms with E-state index in [4.69, 9.17) is 9.47 Å². The van der Waals surface area contributed by atoms with E-state index in [1.165, 1.54) is 51.4 Å². The molecule has 0 rings (SSSR count). The number of hydrogen-bond acceptors (Lipinski definition) is 3. The molecule has 0 amide bonds. The van der Waals surface area contributed by atoms with Gasteiger partial charge in [0, 0.05) is 0 Å². The molecule has 0 saturated carbocycles. The number of carbonyl (C=O) groups excluding carboxylic acids is 1. The van der Waals surface area contributed by atoms with Crippen LogP contribution in [-0.2, 0) is 9.47 Å². The van der Waals surface area contributed by atoms with Crippen molar-refractivity contribution in [2.75, 3.05) is 13.2 Å². The maximum absolute atomic E-state index is 11.5. The topological polar surface area (TPSA) is 35.5 Å². The van der Waals surface area contributed by atoms with Gasteiger partial charge in [0.2, 0.25) is 0 Å². The second kappa shape index (κ2) is 16.6. The van der Waals surface area contributed by atoms with Crippen LogP contribution in [0.4, 0.5) is 4.79 Å². The third-order valence-corrected chi connectivity index (χ3v) is 4.20. The van der Waals surface area contributed by atoms with Gasteiger partial charge < -0.3 is 9.47 Å². The highest BCUT2D eigenvalue weighted by Gasteiger charge is 2.10. The average Bonchev–Trinajstić information content (AvgIpc) is 2.53. The molecule has 0 aromatic rings. The van der Waals surface area contributed by atoms with Crippen molar-refractivity contribution in [3.05, 3.63) is 0 Å². The molecule has 0 spiro atoms. The Morgan fingerprint density at radius 2 is 1.36 bits per heavy atom. The minimum Gasteiger partial charge on any atom is -0.434 e. The summed E-state index contributed by atoms with van der Waals surface area (Å²) < 4.78 is 10.3. The molecule has 0 radical (unpaired) electrons. The molecule has 1 unspecified atom stereocenters. The maximum Gasteiger partial charge on any atom is 0.508 e. The number of carbonyl (C=O) groups is 1. The highest BCUT2D eigenvalue weighted by atomic mass is 16.7. The SMILES string of the molecule is CCCCCCCCCCOC(=O)OCC(CC)CCCC. The minimum absolute atomic E-state index is 0.482. The monoisotopic (exact) mass is 314 g/mol. The minimum atomic E-state index is -0.488. The Balaban J connectivity index is 3.38. The van der Waals surface area contributed by atoms with Gasteiger partial charge in [-0.3, -0.25) is 0 Å². The lowest BCUT2D eigenvalue weighted by Crippen LogP contribution is -2.15. The van der Waals surface area contributed by atoms with Crippen molar-refractivity contribution in [2.45, 2.75) is 97.8 Å². The number of hydrogen-bond donors (Lipinski definition) is 0. The zero-order valence-electron chi connectivity index (χ0n) is 15.2. The van der Waals surface area contributed by atoms with Gasteiger partial charge >= 0.3 is 6.16 Å². The lowest BCUT2D eigenvalue weighted by Gasteiger charge is -2.14. The fraction of sp³-hybridized carbons (Fsp3) is 0.947. The Morgan fingerprint density at radius 1 is 0.773 bits per heavy atom. The van der Waals surface area contributed by atoms with Crippen LogP contribution in [0.3, 0.4) is 0 Å². The first kappa shape index (κ1) is 21.3. The van der Waals surface area contributed by atoms with Crippen LogP contribution in [0.25, 0.3) is 0 Å². The van der Waals surface area contributed by atoms with Crippen LogP contribution < -0.4 is 0 Å². The molecule has 1 atom stereocenters. The Kier molecular flexibility index (Phi) is 16.1. The average molecular weight is 315 g/mol. The highest BCUT2D eigenvalue weighted by Crippen LogP contribution is 2.13. The van der Waals surface area contributed by atoms with Gasteiger partial charge in [0.25, 0.3) is 0 Å². The fourth-order valence-corrected chi connectivity index (χ4v) is 2.52. The van der Waals surface area contributed by atoms with Crippen molar-refractivity contribution < 1.29 is 14.3 Å². The molecule has 132 valence electrons. The van der Waals surface area contributed by atoms with E-state index in [0.29, 0.717) is 19.1 Å². The molecule has 0 aliphatic heterocycles. The molecule has 22 heavy (non-hydrogen) atoms. The molecule has 0 saturated heterocycles. The summed E-state index contributed by atoms with van der Waals surface area (Å²) in [5.41, 5.74) is 0. The molecular weight excluding hydrogens is 276 g/mol. The number of ether oxygens (including phenoxy) is 2. The van der Waals surface area contributed by atoms with Crippen LogP contribution in [0.2, 0.25) is 0 Å². The van der Waals surface area contributed by atoms with Crippen LogP contribution in [0.5, 0.6) is 0 Å². The van der Waals surface area contributed by atoms with Crippen LogP contribution in [0, 0.1) is 5.92 Å². The quantitative estimate of drug-likeness (QED) is 0.256. The molecule has 3 heteroatoms. The number of unbranched alkanes of at least 4 members (excludes halogenated alkanes) is 8. The third-order valence-electron chi connectivity index (χ3n) is 4.20. The van der Waals surface area contributed by atoms with Crippen molar-refractivity contribution in [1.82, 2.24) is 0 Å². The summed E-state index contributed by atoms with van der Waals surface area (Å²) in [4.78, 5) is 11.5. The van der Waals surface area contributed by atoms with Gasteiger partial charge in [-0.15, -0.1) is 0 Å². The van der Waals surface area contributed by atoms with Gasteiger partial charge in [-0.1, -0.05) is 85.0 Å². The molecule has 0 aromatic heterocycles. The van der Waals surface area contributed by atoms with Gasteiger partial charge in [0.05, 0.1) is 13.2 Å². The van der Waals surface area contributed by atoms with Crippen LogP contribution in [0.15, 0.2) is 0 Å². The lowest BCUT2D eigenvalue weighted by molar-refractivity contribution is 0.0415. The van der Waals surface area contributed by atoms with Gasteiger partial charge in [-0.05, 0) is 18.8 Å². The fourth-order valence-electron chi connectivity index (χ4n) is 2.52. The summed E-state index contributed by atoms with van der Waals surface area (Å²) in [6, 6.07) is 0. The van der Waals surface area contributed by atoms with E-state index >= 15 is 0 Å². The normalized spacial score (nSPS) is 12.1. The predicted molar refractivity (Wildman–Crippen MR) is 93.2 cm³/mol. The van der Waals surface area contributed by atoms with E-state index in [1.807, 2.05) is 0 Å². The smallest absolute Gasteiger partial charge is 0.434 e. The zero-order chi connectivity index (χ0) is 16.5. The van der Waals surface area contributed by atoms with Crippen molar-refractivity contribution >= 4 is 6.16 Å². The summed E-state index contributed by atoms with van der Waals surface area (Å²) in [5, 5.41) is 0. The van der Waals surface area contributed by atoms with E-state index in [2.05, 4.69) is 20.8 Å². The van der Waals surface area contributed by atoms with Gasteiger partial charge in [-0.2, -0.15) is 0 Å². The Labute approximate surface area is 138 Å². The van der Waals surface area contributed by atoms with Crippen molar-refractivity contribution in [1.29, 1.82) is 0 Å². The highest BCUT2D eigenvalue weighted by molar-refractivity contribution is 5.59. The summed E-state index contributed by atoms with van der Waals surface area (Å²) in [7, 11) is 0. The molecule has 0 aliphatic carbocycles. The standard InChI is InChI=1S/C19H38O3/c1-4-7-9-10-11-12-13-14-16-21-19(20)22-17-18(6-3)15-8-5-2/h18H,4-17H2,1-3H3. The first-order valence-corrected chi connectivity index (χ1v) is 9.54. The molecule has 3 nitrogen and oxygen atoms in total. The van der Waals surface area contributed by atoms with E-state index in [0.717, 1.165) is 25.7 Å². The predicted octanol–water partition coefficient (Wildman–Crippen LogP) is 6.50. The first-order chi connectivity index (χ1) is 10.7. The van der Waals surface area contributed by atoms with Crippen molar-refractivity contribution in [3.63, 3.8) is 0 Å². The van der Waals surface area contributed by atoms with Crippen LogP contribution in [0.1, 0.15) is 97.8 Å². The molecule has 0 aromatic carbocycles. The van der Waals surface area contributed by atoms with Gasteiger partial charge in [0.1, 0.15) is 0 Å². The molecule has 0 heterocycles.